The van der Waals surface area contributed by atoms with Gasteiger partial charge in [-0.15, -0.1) is 0 Å². The van der Waals surface area contributed by atoms with Crippen molar-refractivity contribution < 1.29 is 0 Å². The number of allylic oxidation sites excluding steroid dienone is 12. The highest BCUT2D eigenvalue weighted by molar-refractivity contribution is 6.05. The summed E-state index contributed by atoms with van der Waals surface area (Å²) in [5.41, 5.74) is 2.59. The Hall–Kier alpha value is -2.09. The third-order valence-corrected chi connectivity index (χ3v) is 8.03. The summed E-state index contributed by atoms with van der Waals surface area (Å²) in [6, 6.07) is 1.08. The number of unbranched alkanes of at least 4 members (excludes halogenated alkanes) is 1. The van der Waals surface area contributed by atoms with Crippen molar-refractivity contribution in [3.8, 4) is 0 Å². The predicted octanol–water partition coefficient (Wildman–Crippen LogP) is 9.88. The Bertz CT molecular complexity index is 823. The molecule has 2 heteroatoms. The summed E-state index contributed by atoms with van der Waals surface area (Å²) >= 11 is 0. The first-order chi connectivity index (χ1) is 17.7. The van der Waals surface area contributed by atoms with Crippen molar-refractivity contribution in [2.75, 3.05) is 0 Å². The van der Waals surface area contributed by atoms with E-state index in [0.29, 0.717) is 23.9 Å². The highest BCUT2D eigenvalue weighted by Gasteiger charge is 2.41. The van der Waals surface area contributed by atoms with Gasteiger partial charge in [-0.1, -0.05) is 158 Å². The maximum absolute atomic E-state index is 5.55. The summed E-state index contributed by atoms with van der Waals surface area (Å²) in [4.78, 5) is 0. The standard InChI is InChI=1S/C34H52N2/c1-4-5-28-32-33(30-24-20-16-12-8-6-9-13-17-21-25-30)35-36(34(32)29(2)3)31-26-22-18-14-10-7-11-15-19-23-27-31/h6,8-9,12-13,16-17,20-21,24-25,29,31-32,34H,4-5,7,10-11,14-15,18-19,22-23,26-28H2,1-3H3/b8-6-,9-6?,12-8?,13-9-,16-12-,17-13?,20-16?,21-17-,24-20?,25-21?,30-24?,30-25?. The molecule has 1 heterocycles. The summed E-state index contributed by atoms with van der Waals surface area (Å²) in [5.74, 6) is 1.09. The Morgan fingerprint density at radius 2 is 1.28 bits per heavy atom. The van der Waals surface area contributed by atoms with Crippen LogP contribution in [0.1, 0.15) is 111 Å². The zero-order valence-electron chi connectivity index (χ0n) is 23.5. The average molecular weight is 489 g/mol. The van der Waals surface area contributed by atoms with Crippen LogP contribution in [0.2, 0.25) is 0 Å². The Labute approximate surface area is 222 Å². The maximum atomic E-state index is 5.55. The summed E-state index contributed by atoms with van der Waals surface area (Å²) in [7, 11) is 0. The molecule has 0 amide bonds. The van der Waals surface area contributed by atoms with Crippen LogP contribution in [0.3, 0.4) is 0 Å². The summed E-state index contributed by atoms with van der Waals surface area (Å²) < 4.78 is 0. The molecular weight excluding hydrogens is 436 g/mol. The first kappa shape index (κ1) is 28.5. The molecule has 3 rings (SSSR count). The fourth-order valence-electron chi connectivity index (χ4n) is 6.11. The molecular formula is C34H52N2. The molecule has 1 saturated carbocycles. The van der Waals surface area contributed by atoms with Crippen LogP contribution in [0.15, 0.2) is 77.5 Å². The number of nitrogens with zero attached hydrogens (tertiary/aromatic N) is 2. The van der Waals surface area contributed by atoms with Crippen LogP contribution in [0, 0.1) is 11.8 Å². The largest absolute Gasteiger partial charge is 0.290 e. The van der Waals surface area contributed by atoms with Crippen molar-refractivity contribution in [1.82, 2.24) is 5.01 Å². The van der Waals surface area contributed by atoms with Crippen LogP contribution in [-0.2, 0) is 0 Å². The van der Waals surface area contributed by atoms with Crippen molar-refractivity contribution >= 4 is 5.71 Å². The van der Waals surface area contributed by atoms with Gasteiger partial charge >= 0.3 is 0 Å². The Balaban J connectivity index is 1.94. The third-order valence-electron chi connectivity index (χ3n) is 8.03. The lowest BCUT2D eigenvalue weighted by atomic mass is 9.81. The van der Waals surface area contributed by atoms with E-state index in [4.69, 9.17) is 5.10 Å². The molecule has 0 saturated heterocycles. The molecule has 0 aromatic carbocycles. The molecule has 2 atom stereocenters. The van der Waals surface area contributed by atoms with Crippen LogP contribution in [0.25, 0.3) is 0 Å². The van der Waals surface area contributed by atoms with Crippen molar-refractivity contribution in [3.05, 3.63) is 72.4 Å². The van der Waals surface area contributed by atoms with E-state index in [1.165, 1.54) is 101 Å². The molecule has 0 aromatic rings. The number of rotatable bonds is 6. The molecule has 2 nitrogen and oxygen atoms in total. The van der Waals surface area contributed by atoms with E-state index in [9.17, 15) is 0 Å². The molecule has 2 aliphatic carbocycles. The van der Waals surface area contributed by atoms with Crippen molar-refractivity contribution in [3.63, 3.8) is 0 Å². The molecule has 2 unspecified atom stereocenters. The molecule has 0 bridgehead atoms. The molecule has 0 spiro atoms. The summed E-state index contributed by atoms with van der Waals surface area (Å²) in [5, 5.41) is 8.17. The Morgan fingerprint density at radius 1 is 0.750 bits per heavy atom. The zero-order valence-corrected chi connectivity index (χ0v) is 23.5. The second-order valence-electron chi connectivity index (χ2n) is 11.3. The van der Waals surface area contributed by atoms with E-state index >= 15 is 0 Å². The van der Waals surface area contributed by atoms with E-state index in [1.54, 1.807) is 0 Å². The molecule has 36 heavy (non-hydrogen) atoms. The van der Waals surface area contributed by atoms with Crippen LogP contribution in [0.4, 0.5) is 0 Å². The van der Waals surface area contributed by atoms with Gasteiger partial charge in [0, 0.05) is 12.0 Å². The third kappa shape index (κ3) is 9.09. The van der Waals surface area contributed by atoms with Gasteiger partial charge in [-0.25, -0.2) is 0 Å². The van der Waals surface area contributed by atoms with Crippen LogP contribution in [-0.4, -0.2) is 22.8 Å². The minimum atomic E-state index is 0.502. The van der Waals surface area contributed by atoms with Crippen molar-refractivity contribution in [1.29, 1.82) is 0 Å². The van der Waals surface area contributed by atoms with Gasteiger partial charge in [0.25, 0.3) is 0 Å². The molecule has 0 radical (unpaired) electrons. The molecule has 1 fully saturated rings. The minimum absolute atomic E-state index is 0.502. The van der Waals surface area contributed by atoms with Gasteiger partial charge in [0.2, 0.25) is 0 Å². The van der Waals surface area contributed by atoms with Gasteiger partial charge in [0.05, 0.1) is 11.8 Å². The van der Waals surface area contributed by atoms with Crippen molar-refractivity contribution in [2.45, 2.75) is 123 Å². The molecule has 198 valence electrons. The second-order valence-corrected chi connectivity index (χ2v) is 11.3. The van der Waals surface area contributed by atoms with Gasteiger partial charge in [-0.05, 0) is 30.8 Å². The van der Waals surface area contributed by atoms with Gasteiger partial charge in [0.15, 0.2) is 0 Å². The van der Waals surface area contributed by atoms with Crippen LogP contribution >= 0.6 is 0 Å². The van der Waals surface area contributed by atoms with Gasteiger partial charge in [-0.2, -0.15) is 5.10 Å². The smallest absolute Gasteiger partial charge is 0.0729 e. The minimum Gasteiger partial charge on any atom is -0.290 e. The Kier molecular flexibility index (Phi) is 13.1. The van der Waals surface area contributed by atoms with E-state index in [0.717, 1.165) is 0 Å². The summed E-state index contributed by atoms with van der Waals surface area (Å²) in [6.45, 7) is 7.17. The van der Waals surface area contributed by atoms with Crippen LogP contribution in [0.5, 0.6) is 0 Å². The fraction of sp³-hybridized carbons (Fsp3) is 0.618. The highest BCUT2D eigenvalue weighted by Crippen LogP contribution is 2.38. The predicted molar refractivity (Wildman–Crippen MR) is 159 cm³/mol. The average Bonchev–Trinajstić information content (AvgIpc) is 3.23. The lowest BCUT2D eigenvalue weighted by molar-refractivity contribution is 0.0862. The van der Waals surface area contributed by atoms with Crippen LogP contribution < -0.4 is 0 Å². The van der Waals surface area contributed by atoms with E-state index in [-0.39, 0.29) is 0 Å². The zero-order chi connectivity index (χ0) is 25.4. The van der Waals surface area contributed by atoms with Gasteiger partial charge in [-0.3, -0.25) is 5.01 Å². The van der Waals surface area contributed by atoms with Gasteiger partial charge in [0.1, 0.15) is 0 Å². The quantitative estimate of drug-likeness (QED) is 0.363. The van der Waals surface area contributed by atoms with E-state index in [2.05, 4.69) is 92.6 Å². The molecule has 1 aliphatic heterocycles. The Morgan fingerprint density at radius 3 is 1.83 bits per heavy atom. The first-order valence-electron chi connectivity index (χ1n) is 15.1. The monoisotopic (exact) mass is 488 g/mol. The second kappa shape index (κ2) is 16.6. The SMILES string of the molecule is CCCCC1C(C2=C\C=C/C=C\C=C/C=C\C=C2)=NN(C2CCCCCCCCCCC2)C1C(C)C. The fourth-order valence-corrected chi connectivity index (χ4v) is 6.11. The number of hydrogen-bond acceptors (Lipinski definition) is 2. The lowest BCUT2D eigenvalue weighted by Crippen LogP contribution is -2.43. The van der Waals surface area contributed by atoms with E-state index in [1.807, 2.05) is 0 Å². The first-order valence-corrected chi connectivity index (χ1v) is 15.1. The normalized spacial score (nSPS) is 28.7. The number of hydrazone groups is 1. The topological polar surface area (TPSA) is 15.6 Å². The lowest BCUT2D eigenvalue weighted by Gasteiger charge is -2.37. The highest BCUT2D eigenvalue weighted by atomic mass is 15.5. The maximum Gasteiger partial charge on any atom is 0.0729 e. The van der Waals surface area contributed by atoms with Crippen molar-refractivity contribution in [2.24, 2.45) is 16.9 Å². The molecule has 0 aromatic heterocycles. The van der Waals surface area contributed by atoms with Gasteiger partial charge < -0.3 is 0 Å². The number of hydrogen-bond donors (Lipinski definition) is 0. The summed E-state index contributed by atoms with van der Waals surface area (Å²) in [6.07, 6.45) is 42.5. The molecule has 0 N–H and O–H groups in total. The van der Waals surface area contributed by atoms with E-state index < -0.39 is 0 Å². The molecule has 3 aliphatic rings.